The van der Waals surface area contributed by atoms with Crippen molar-refractivity contribution in [2.24, 2.45) is 10.8 Å². The van der Waals surface area contributed by atoms with E-state index in [1.165, 1.54) is 0 Å². The number of alkyl halides is 6. The van der Waals surface area contributed by atoms with Crippen LogP contribution in [-0.2, 0) is 12.4 Å². The fourth-order valence-corrected chi connectivity index (χ4v) is 3.75. The Morgan fingerprint density at radius 3 is 1.14 bits per heavy atom. The molecule has 35 heavy (non-hydrogen) atoms. The molecule has 0 spiro atoms. The molecule has 0 saturated carbocycles. The van der Waals surface area contributed by atoms with Gasteiger partial charge in [0.1, 0.15) is 11.6 Å². The first-order valence-corrected chi connectivity index (χ1v) is 11.0. The minimum atomic E-state index is -4.99. The van der Waals surface area contributed by atoms with E-state index in [2.05, 4.69) is 23.7 Å². The molecule has 0 bridgehead atoms. The molecule has 0 heterocycles. The third-order valence-electron chi connectivity index (χ3n) is 4.09. The van der Waals surface area contributed by atoms with Gasteiger partial charge >= 0.3 is 12.4 Å². The fourth-order valence-electron chi connectivity index (χ4n) is 2.65. The van der Waals surface area contributed by atoms with Crippen molar-refractivity contribution in [3.8, 4) is 23.7 Å². The van der Waals surface area contributed by atoms with Crippen LogP contribution in [0.2, 0.25) is 0 Å². The molecular formula is C26H22F8S. The van der Waals surface area contributed by atoms with Crippen LogP contribution in [0, 0.1) is 46.1 Å². The fraction of sp³-hybridized carbons (Fsp3) is 0.385. The molecule has 0 aliphatic carbocycles. The van der Waals surface area contributed by atoms with Crippen LogP contribution in [0.25, 0.3) is 0 Å². The van der Waals surface area contributed by atoms with E-state index in [1.807, 2.05) is 0 Å². The molecule has 0 aliphatic heterocycles. The van der Waals surface area contributed by atoms with Crippen molar-refractivity contribution in [2.75, 3.05) is 0 Å². The standard InChI is InChI=1S/C26H22F8S/c1-23(2,3)9-7-17-19(25(29,30)31)11-15(27)13-21(17)35-22-14-16(28)12-20(26(32,33)34)18(22)8-10-24(4,5)6/h11-14H,1-6H3. The van der Waals surface area contributed by atoms with Gasteiger partial charge in [-0.25, -0.2) is 8.78 Å². The van der Waals surface area contributed by atoms with Gasteiger partial charge in [-0.3, -0.25) is 0 Å². The van der Waals surface area contributed by atoms with Crippen molar-refractivity contribution < 1.29 is 35.1 Å². The van der Waals surface area contributed by atoms with Crippen LogP contribution < -0.4 is 0 Å². The van der Waals surface area contributed by atoms with Crippen LogP contribution in [0.15, 0.2) is 34.1 Å². The van der Waals surface area contributed by atoms with E-state index in [1.54, 1.807) is 41.5 Å². The van der Waals surface area contributed by atoms with Gasteiger partial charge < -0.3 is 0 Å². The average molecular weight is 519 g/mol. The second-order valence-electron chi connectivity index (χ2n) is 9.75. The summed E-state index contributed by atoms with van der Waals surface area (Å²) in [5.74, 6) is 7.54. The zero-order valence-electron chi connectivity index (χ0n) is 19.7. The molecule has 0 aromatic heterocycles. The van der Waals surface area contributed by atoms with E-state index in [9.17, 15) is 35.1 Å². The van der Waals surface area contributed by atoms with Crippen molar-refractivity contribution in [2.45, 2.75) is 63.7 Å². The molecule has 0 unspecified atom stereocenters. The summed E-state index contributed by atoms with van der Waals surface area (Å²) < 4.78 is 111. The maximum atomic E-state index is 14.2. The molecule has 2 aromatic rings. The van der Waals surface area contributed by atoms with Crippen LogP contribution in [0.3, 0.4) is 0 Å². The van der Waals surface area contributed by atoms with Crippen molar-refractivity contribution in [1.29, 1.82) is 0 Å². The summed E-state index contributed by atoms with van der Waals surface area (Å²) in [5, 5.41) is 0. The lowest BCUT2D eigenvalue weighted by atomic mass is 9.96. The zero-order chi connectivity index (χ0) is 27.0. The lowest BCUT2D eigenvalue weighted by Crippen LogP contribution is -2.11. The van der Waals surface area contributed by atoms with Gasteiger partial charge in [-0.15, -0.1) is 0 Å². The monoisotopic (exact) mass is 518 g/mol. The highest BCUT2D eigenvalue weighted by Gasteiger charge is 2.37. The van der Waals surface area contributed by atoms with Gasteiger partial charge in [0.15, 0.2) is 0 Å². The van der Waals surface area contributed by atoms with Gasteiger partial charge in [0.2, 0.25) is 0 Å². The summed E-state index contributed by atoms with van der Waals surface area (Å²) in [4.78, 5) is -0.821. The summed E-state index contributed by atoms with van der Waals surface area (Å²) in [7, 11) is 0. The smallest absolute Gasteiger partial charge is 0.207 e. The van der Waals surface area contributed by atoms with Crippen LogP contribution in [0.5, 0.6) is 0 Å². The van der Waals surface area contributed by atoms with E-state index in [4.69, 9.17) is 0 Å². The molecule has 0 saturated heterocycles. The predicted molar refractivity (Wildman–Crippen MR) is 120 cm³/mol. The highest BCUT2D eigenvalue weighted by Crippen LogP contribution is 2.43. The highest BCUT2D eigenvalue weighted by atomic mass is 32.2. The zero-order valence-corrected chi connectivity index (χ0v) is 20.6. The van der Waals surface area contributed by atoms with Crippen molar-refractivity contribution in [3.63, 3.8) is 0 Å². The molecule has 0 amide bonds. The topological polar surface area (TPSA) is 0 Å². The Balaban J connectivity index is 2.90. The third kappa shape index (κ3) is 8.21. The van der Waals surface area contributed by atoms with Gasteiger partial charge in [-0.1, -0.05) is 35.4 Å². The normalized spacial score (nSPS) is 12.5. The van der Waals surface area contributed by atoms with Gasteiger partial charge in [0.25, 0.3) is 0 Å². The first kappa shape index (κ1) is 28.6. The highest BCUT2D eigenvalue weighted by molar-refractivity contribution is 7.99. The number of rotatable bonds is 2. The van der Waals surface area contributed by atoms with E-state index in [0.717, 1.165) is 12.1 Å². The summed E-state index contributed by atoms with van der Waals surface area (Å²) in [5.41, 5.74) is -5.47. The molecule has 2 aromatic carbocycles. The molecule has 0 aliphatic rings. The molecular weight excluding hydrogens is 496 g/mol. The Kier molecular flexibility index (Phi) is 7.98. The number of hydrogen-bond acceptors (Lipinski definition) is 1. The lowest BCUT2D eigenvalue weighted by molar-refractivity contribution is -0.138. The summed E-state index contributed by atoms with van der Waals surface area (Å²) in [6.07, 6.45) is -9.99. The Morgan fingerprint density at radius 1 is 0.571 bits per heavy atom. The summed E-state index contributed by atoms with van der Waals surface area (Å²) in [6.45, 7) is 9.87. The van der Waals surface area contributed by atoms with Gasteiger partial charge in [-0.2, -0.15) is 26.3 Å². The second-order valence-corrected chi connectivity index (χ2v) is 10.8. The van der Waals surface area contributed by atoms with E-state index < -0.39 is 66.9 Å². The van der Waals surface area contributed by atoms with Crippen LogP contribution in [0.4, 0.5) is 35.1 Å². The molecule has 0 N–H and O–H groups in total. The Hall–Kier alpha value is -2.65. The quantitative estimate of drug-likeness (QED) is 0.283. The van der Waals surface area contributed by atoms with Crippen LogP contribution >= 0.6 is 11.8 Å². The Labute approximate surface area is 203 Å². The largest absolute Gasteiger partial charge is 0.417 e. The molecule has 0 nitrogen and oxygen atoms in total. The Bertz CT molecular complexity index is 1130. The van der Waals surface area contributed by atoms with E-state index >= 15 is 0 Å². The first-order valence-electron chi connectivity index (χ1n) is 10.2. The van der Waals surface area contributed by atoms with E-state index in [0.29, 0.717) is 11.8 Å². The minimum absolute atomic E-state index is 0.268. The SMILES string of the molecule is CC(C)(C)C#Cc1c(Sc2cc(F)cc(C(F)(F)F)c2C#CC(C)(C)C)cc(F)cc1C(F)(F)F. The maximum Gasteiger partial charge on any atom is 0.417 e. The van der Waals surface area contributed by atoms with Crippen LogP contribution in [-0.4, -0.2) is 0 Å². The third-order valence-corrected chi connectivity index (χ3v) is 5.17. The number of benzene rings is 2. The first-order chi connectivity index (χ1) is 15.7. The number of hydrogen-bond donors (Lipinski definition) is 0. The predicted octanol–water partition coefficient (Wildman–Crippen LogP) is 8.95. The average Bonchev–Trinajstić information content (AvgIpc) is 2.62. The van der Waals surface area contributed by atoms with Crippen molar-refractivity contribution in [3.05, 3.63) is 58.2 Å². The molecule has 0 fully saturated rings. The molecule has 9 heteroatoms. The van der Waals surface area contributed by atoms with Gasteiger partial charge in [-0.05, 0) is 65.8 Å². The second kappa shape index (κ2) is 9.78. The molecule has 188 valence electrons. The minimum Gasteiger partial charge on any atom is -0.207 e. The van der Waals surface area contributed by atoms with Crippen molar-refractivity contribution in [1.82, 2.24) is 0 Å². The van der Waals surface area contributed by atoms with Crippen molar-refractivity contribution >= 4 is 11.8 Å². The number of halogens is 8. The summed E-state index contributed by atoms with van der Waals surface area (Å²) in [6, 6.07) is 1.99. The van der Waals surface area contributed by atoms with Gasteiger partial charge in [0, 0.05) is 20.6 Å². The Morgan fingerprint density at radius 2 is 0.886 bits per heavy atom. The molecule has 0 atom stereocenters. The summed E-state index contributed by atoms with van der Waals surface area (Å²) >= 11 is 0.346. The lowest BCUT2D eigenvalue weighted by Gasteiger charge is -2.17. The van der Waals surface area contributed by atoms with Crippen LogP contribution in [0.1, 0.15) is 63.8 Å². The molecule has 0 radical (unpaired) electrons. The molecule has 2 rings (SSSR count). The maximum absolute atomic E-state index is 14.2. The van der Waals surface area contributed by atoms with Gasteiger partial charge in [0.05, 0.1) is 22.3 Å². The van der Waals surface area contributed by atoms with E-state index in [-0.39, 0.29) is 12.1 Å².